The average Bonchev–Trinajstić information content (AvgIpc) is 3.67. The molecule has 0 bridgehead atoms. The quantitative estimate of drug-likeness (QED) is 0.486. The van der Waals surface area contributed by atoms with Crippen LogP contribution in [0.3, 0.4) is 0 Å². The lowest BCUT2D eigenvalue weighted by Gasteiger charge is -2.40. The molecule has 2 saturated heterocycles. The number of nitrogens with one attached hydrogen (secondary N) is 1. The van der Waals surface area contributed by atoms with E-state index < -0.39 is 56.9 Å². The molecule has 1 aliphatic carbocycles. The standard InChI is InChI=1S/C29H30N4O7S/c1-18-20-9-3-4-10-23(20)40-25(18)26(35)31-29(12-5-2-6-13-29)28(37)32-15-11-21-24(32)22(34)17-33(21)41(38,39)27(36)19-8-7-14-30-16-19/h3-4,7-10,14,16,21,24H,2,5-6,11-13,15,17H2,1H3,(H,31,35). The topological polar surface area (TPSA) is 147 Å². The Morgan fingerprint density at radius 1 is 1.07 bits per heavy atom. The zero-order valence-corrected chi connectivity index (χ0v) is 23.4. The summed E-state index contributed by atoms with van der Waals surface area (Å²) in [6, 6.07) is 8.24. The Morgan fingerprint density at radius 3 is 2.54 bits per heavy atom. The van der Waals surface area contributed by atoms with Crippen molar-refractivity contribution in [2.24, 2.45) is 0 Å². The number of Topliss-reactive ketones (excluding diaryl/α,β-unsaturated/α-hetero) is 1. The molecule has 2 amide bonds. The summed E-state index contributed by atoms with van der Waals surface area (Å²) in [5.74, 6) is -1.23. The van der Waals surface area contributed by atoms with Crippen molar-refractivity contribution in [2.75, 3.05) is 13.1 Å². The predicted octanol–water partition coefficient (Wildman–Crippen LogP) is 2.59. The highest BCUT2D eigenvalue weighted by Crippen LogP contribution is 2.38. The number of carbonyl (C=O) groups is 4. The van der Waals surface area contributed by atoms with Crippen LogP contribution in [0.15, 0.2) is 53.2 Å². The van der Waals surface area contributed by atoms with E-state index in [1.54, 1.807) is 13.0 Å². The Hall–Kier alpha value is -3.90. The van der Waals surface area contributed by atoms with E-state index in [1.807, 2.05) is 18.2 Å². The highest BCUT2D eigenvalue weighted by molar-refractivity contribution is 8.04. The summed E-state index contributed by atoms with van der Waals surface area (Å²) in [6.45, 7) is 1.43. The minimum Gasteiger partial charge on any atom is -0.451 e. The van der Waals surface area contributed by atoms with E-state index >= 15 is 0 Å². The van der Waals surface area contributed by atoms with Crippen molar-refractivity contribution in [3.8, 4) is 0 Å². The Kier molecular flexibility index (Phi) is 6.77. The molecule has 6 rings (SSSR count). The third-order valence-electron chi connectivity index (χ3n) is 8.60. The number of fused-ring (bicyclic) bond motifs is 2. The summed E-state index contributed by atoms with van der Waals surface area (Å²) in [7, 11) is -4.53. The molecule has 41 heavy (non-hydrogen) atoms. The number of likely N-dealkylation sites (tertiary alicyclic amines) is 1. The summed E-state index contributed by atoms with van der Waals surface area (Å²) in [6.07, 6.45) is 5.90. The molecular formula is C29H30N4O7S. The van der Waals surface area contributed by atoms with Crippen LogP contribution in [0, 0.1) is 6.92 Å². The lowest BCUT2D eigenvalue weighted by Crippen LogP contribution is -2.62. The number of sulfonamides is 1. The number of amides is 2. The van der Waals surface area contributed by atoms with Crippen molar-refractivity contribution in [3.05, 3.63) is 65.7 Å². The monoisotopic (exact) mass is 578 g/mol. The highest BCUT2D eigenvalue weighted by atomic mass is 32.2. The predicted molar refractivity (Wildman–Crippen MR) is 147 cm³/mol. The zero-order chi connectivity index (χ0) is 28.9. The van der Waals surface area contributed by atoms with Gasteiger partial charge in [0, 0.05) is 29.9 Å². The molecule has 0 radical (unpaired) electrons. The number of rotatable bonds is 5. The van der Waals surface area contributed by atoms with Crippen molar-refractivity contribution in [2.45, 2.75) is 63.1 Å². The van der Waals surface area contributed by atoms with Gasteiger partial charge in [-0.05, 0) is 44.4 Å². The maximum Gasteiger partial charge on any atom is 0.293 e. The second-order valence-corrected chi connectivity index (χ2v) is 12.8. The zero-order valence-electron chi connectivity index (χ0n) is 22.5. The number of nitrogens with zero attached hydrogens (tertiary/aromatic N) is 3. The largest absolute Gasteiger partial charge is 0.451 e. The van der Waals surface area contributed by atoms with Crippen molar-refractivity contribution in [1.29, 1.82) is 0 Å². The molecule has 1 aromatic carbocycles. The molecule has 214 valence electrons. The third-order valence-corrected chi connectivity index (χ3v) is 10.3. The van der Waals surface area contributed by atoms with Crippen LogP contribution in [0.2, 0.25) is 0 Å². The van der Waals surface area contributed by atoms with Gasteiger partial charge < -0.3 is 14.6 Å². The van der Waals surface area contributed by atoms with Gasteiger partial charge in [-0.25, -0.2) is 8.42 Å². The molecule has 2 atom stereocenters. The number of pyridine rings is 1. The molecule has 2 aromatic heterocycles. The van der Waals surface area contributed by atoms with Crippen LogP contribution in [0.4, 0.5) is 0 Å². The van der Waals surface area contributed by atoms with Crippen LogP contribution in [0.5, 0.6) is 0 Å². The van der Waals surface area contributed by atoms with E-state index in [2.05, 4.69) is 10.3 Å². The maximum atomic E-state index is 14.2. The lowest BCUT2D eigenvalue weighted by molar-refractivity contribution is -0.143. The van der Waals surface area contributed by atoms with Gasteiger partial charge in [-0.1, -0.05) is 37.5 Å². The van der Waals surface area contributed by atoms with Crippen LogP contribution in [0.25, 0.3) is 11.0 Å². The number of carbonyl (C=O) groups excluding carboxylic acids is 4. The summed E-state index contributed by atoms with van der Waals surface area (Å²) in [4.78, 5) is 59.1. The van der Waals surface area contributed by atoms with Gasteiger partial charge in [0.2, 0.25) is 5.91 Å². The van der Waals surface area contributed by atoms with Gasteiger partial charge in [0.15, 0.2) is 11.5 Å². The SMILES string of the molecule is Cc1c(C(=O)NC2(C(=O)N3CCC4C3C(=O)CN4S(=O)(=O)C(=O)c3cccnc3)CCCCC2)oc2ccccc12. The second kappa shape index (κ2) is 10.2. The normalized spacial score (nSPS) is 22.6. The maximum absolute atomic E-state index is 14.2. The van der Waals surface area contributed by atoms with Gasteiger partial charge in [-0.2, -0.15) is 4.31 Å². The van der Waals surface area contributed by atoms with Crippen LogP contribution in [-0.4, -0.2) is 76.0 Å². The van der Waals surface area contributed by atoms with E-state index in [-0.39, 0.29) is 24.3 Å². The summed E-state index contributed by atoms with van der Waals surface area (Å²) in [5.41, 5.74) is -0.115. The van der Waals surface area contributed by atoms with Crippen molar-refractivity contribution in [3.63, 3.8) is 0 Å². The van der Waals surface area contributed by atoms with Crippen LogP contribution < -0.4 is 5.32 Å². The Morgan fingerprint density at radius 2 is 1.83 bits per heavy atom. The summed E-state index contributed by atoms with van der Waals surface area (Å²) in [5, 5.41) is 2.65. The number of aryl methyl sites for hydroxylation is 1. The average molecular weight is 579 g/mol. The van der Waals surface area contributed by atoms with E-state index in [0.29, 0.717) is 36.8 Å². The first-order chi connectivity index (χ1) is 19.6. The van der Waals surface area contributed by atoms with Crippen molar-refractivity contribution in [1.82, 2.24) is 19.5 Å². The second-order valence-electron chi connectivity index (χ2n) is 11.0. The number of benzene rings is 1. The smallest absolute Gasteiger partial charge is 0.293 e. The molecule has 0 spiro atoms. The highest BCUT2D eigenvalue weighted by Gasteiger charge is 2.57. The first kappa shape index (κ1) is 27.3. The fourth-order valence-corrected chi connectivity index (χ4v) is 8.05. The molecule has 1 saturated carbocycles. The molecule has 3 aromatic rings. The Labute approximate surface area is 236 Å². The first-order valence-electron chi connectivity index (χ1n) is 13.7. The Bertz CT molecular complexity index is 1660. The molecule has 1 N–H and O–H groups in total. The number of hydrogen-bond donors (Lipinski definition) is 1. The van der Waals surface area contributed by atoms with Crippen molar-refractivity contribution >= 4 is 43.7 Å². The van der Waals surface area contributed by atoms with Gasteiger partial charge in [-0.15, -0.1) is 0 Å². The molecular weight excluding hydrogens is 548 g/mol. The van der Waals surface area contributed by atoms with E-state index in [1.165, 1.54) is 29.4 Å². The molecule has 12 heteroatoms. The number of aromatic nitrogens is 1. The van der Waals surface area contributed by atoms with Crippen LogP contribution in [0.1, 0.15) is 65.0 Å². The molecule has 4 heterocycles. The van der Waals surface area contributed by atoms with Gasteiger partial charge in [0.25, 0.3) is 21.0 Å². The summed E-state index contributed by atoms with van der Waals surface area (Å²) >= 11 is 0. The molecule has 2 aliphatic heterocycles. The minimum atomic E-state index is -4.53. The first-order valence-corrected chi connectivity index (χ1v) is 15.2. The van der Waals surface area contributed by atoms with E-state index in [0.717, 1.165) is 16.1 Å². The third kappa shape index (κ3) is 4.45. The number of ketones is 1. The van der Waals surface area contributed by atoms with Crippen LogP contribution >= 0.6 is 0 Å². The molecule has 11 nitrogen and oxygen atoms in total. The van der Waals surface area contributed by atoms with E-state index in [4.69, 9.17) is 4.42 Å². The number of hydrogen-bond acceptors (Lipinski definition) is 8. The van der Waals surface area contributed by atoms with Gasteiger partial charge in [0.05, 0.1) is 18.2 Å². The van der Waals surface area contributed by atoms with Crippen LogP contribution in [-0.2, 0) is 19.6 Å². The van der Waals surface area contributed by atoms with Crippen molar-refractivity contribution < 1.29 is 32.0 Å². The number of para-hydroxylation sites is 1. The fourth-order valence-electron chi connectivity index (χ4n) is 6.55. The molecule has 3 aliphatic rings. The van der Waals surface area contributed by atoms with Gasteiger partial charge in [-0.3, -0.25) is 24.2 Å². The number of furan rings is 1. The van der Waals surface area contributed by atoms with Gasteiger partial charge in [0.1, 0.15) is 17.2 Å². The lowest BCUT2D eigenvalue weighted by atomic mass is 9.80. The summed E-state index contributed by atoms with van der Waals surface area (Å²) < 4.78 is 33.4. The Balaban J connectivity index is 1.27. The molecule has 3 fully saturated rings. The van der Waals surface area contributed by atoms with Gasteiger partial charge >= 0.3 is 0 Å². The van der Waals surface area contributed by atoms with E-state index in [9.17, 15) is 27.6 Å². The molecule has 2 unspecified atom stereocenters. The fraction of sp³-hybridized carbons (Fsp3) is 0.414. The minimum absolute atomic E-state index is 0.0981.